The highest BCUT2D eigenvalue weighted by Crippen LogP contribution is 2.36. The van der Waals surface area contributed by atoms with E-state index in [1.807, 2.05) is 13.8 Å². The Kier molecular flexibility index (Phi) is 8.13. The van der Waals surface area contributed by atoms with Crippen LogP contribution in [0.4, 0.5) is 13.2 Å². The number of benzene rings is 2. The lowest BCUT2D eigenvalue weighted by molar-refractivity contribution is -0.137. The normalized spacial score (nSPS) is 19.7. The maximum Gasteiger partial charge on any atom is 0.416 e. The third-order valence-corrected chi connectivity index (χ3v) is 5.94. The highest BCUT2D eigenvalue weighted by molar-refractivity contribution is 5.89. The third-order valence-electron chi connectivity index (χ3n) is 5.94. The second-order valence-corrected chi connectivity index (χ2v) is 8.79. The SMILES string of the molecule is CC(C)[C@H](NOC(=O)c1ccccc1)C(=O)NC1CCC[C@H](c2cccc(C(F)(F)F)c2)C1. The van der Waals surface area contributed by atoms with Crippen LogP contribution in [0.3, 0.4) is 0 Å². The van der Waals surface area contributed by atoms with Crippen molar-refractivity contribution in [3.05, 3.63) is 71.3 Å². The van der Waals surface area contributed by atoms with E-state index in [2.05, 4.69) is 10.8 Å². The molecule has 1 aliphatic rings. The van der Waals surface area contributed by atoms with Gasteiger partial charge in [-0.15, -0.1) is 5.48 Å². The Labute approximate surface area is 191 Å². The Hall–Kier alpha value is -2.87. The zero-order valence-electron chi connectivity index (χ0n) is 18.7. The standard InChI is InChI=1S/C25H29F3N2O3/c1-16(2)22(30-33-24(32)17-8-4-3-5-9-17)23(31)29-21-13-7-11-19(15-21)18-10-6-12-20(14-18)25(26,27)28/h3-6,8-10,12,14,16,19,21-22,30H,7,11,13,15H2,1-2H3,(H,29,31)/t19-,21?,22-/m0/s1. The van der Waals surface area contributed by atoms with Crippen LogP contribution >= 0.6 is 0 Å². The lowest BCUT2D eigenvalue weighted by Crippen LogP contribution is -2.51. The largest absolute Gasteiger partial charge is 0.416 e. The van der Waals surface area contributed by atoms with Gasteiger partial charge in [-0.05, 0) is 54.9 Å². The maximum absolute atomic E-state index is 13.1. The maximum atomic E-state index is 13.1. The zero-order chi connectivity index (χ0) is 24.0. The minimum absolute atomic E-state index is 0.0623. The summed E-state index contributed by atoms with van der Waals surface area (Å²) in [5.41, 5.74) is 2.93. The Bertz CT molecular complexity index is 947. The van der Waals surface area contributed by atoms with Crippen LogP contribution in [0.1, 0.15) is 66.9 Å². The van der Waals surface area contributed by atoms with Crippen LogP contribution in [0.2, 0.25) is 0 Å². The second kappa shape index (κ2) is 10.8. The van der Waals surface area contributed by atoms with E-state index in [-0.39, 0.29) is 23.8 Å². The lowest BCUT2D eigenvalue weighted by Gasteiger charge is -2.32. The molecule has 0 spiro atoms. The van der Waals surface area contributed by atoms with E-state index in [0.29, 0.717) is 17.5 Å². The van der Waals surface area contributed by atoms with Crippen LogP contribution in [-0.2, 0) is 15.8 Å². The summed E-state index contributed by atoms with van der Waals surface area (Å²) < 4.78 is 39.3. The van der Waals surface area contributed by atoms with Crippen molar-refractivity contribution in [2.24, 2.45) is 5.92 Å². The average Bonchev–Trinajstić information content (AvgIpc) is 2.79. The topological polar surface area (TPSA) is 67.4 Å². The predicted octanol–water partition coefficient (Wildman–Crippen LogP) is 5.23. The molecule has 1 saturated carbocycles. The van der Waals surface area contributed by atoms with Crippen molar-refractivity contribution in [1.82, 2.24) is 10.8 Å². The van der Waals surface area contributed by atoms with Crippen molar-refractivity contribution < 1.29 is 27.6 Å². The van der Waals surface area contributed by atoms with Crippen LogP contribution in [-0.4, -0.2) is 24.0 Å². The summed E-state index contributed by atoms with van der Waals surface area (Å²) in [7, 11) is 0. The molecule has 0 saturated heterocycles. The molecule has 1 fully saturated rings. The fourth-order valence-corrected chi connectivity index (χ4v) is 4.13. The molecule has 0 radical (unpaired) electrons. The first-order chi connectivity index (χ1) is 15.6. The molecule has 178 valence electrons. The molecule has 1 amide bonds. The number of nitrogens with one attached hydrogen (secondary N) is 2. The number of carbonyl (C=O) groups excluding carboxylic acids is 2. The van der Waals surface area contributed by atoms with Gasteiger partial charge in [0.25, 0.3) is 0 Å². The molecule has 0 aliphatic heterocycles. The van der Waals surface area contributed by atoms with Crippen molar-refractivity contribution in [2.75, 3.05) is 0 Å². The fraction of sp³-hybridized carbons (Fsp3) is 0.440. The first-order valence-corrected chi connectivity index (χ1v) is 11.1. The van der Waals surface area contributed by atoms with Crippen molar-refractivity contribution >= 4 is 11.9 Å². The van der Waals surface area contributed by atoms with Gasteiger partial charge >= 0.3 is 12.1 Å². The van der Waals surface area contributed by atoms with Gasteiger partial charge in [0.05, 0.1) is 11.1 Å². The fourth-order valence-electron chi connectivity index (χ4n) is 4.13. The van der Waals surface area contributed by atoms with E-state index in [4.69, 9.17) is 4.84 Å². The molecule has 1 unspecified atom stereocenters. The molecule has 8 heteroatoms. The van der Waals surface area contributed by atoms with Gasteiger partial charge in [0, 0.05) is 6.04 Å². The van der Waals surface area contributed by atoms with E-state index in [1.165, 1.54) is 12.1 Å². The predicted molar refractivity (Wildman–Crippen MR) is 118 cm³/mol. The van der Waals surface area contributed by atoms with Gasteiger partial charge in [0.1, 0.15) is 6.04 Å². The summed E-state index contributed by atoms with van der Waals surface area (Å²) in [6, 6.07) is 12.9. The number of carbonyl (C=O) groups is 2. The first kappa shape index (κ1) is 24.8. The van der Waals surface area contributed by atoms with E-state index in [0.717, 1.165) is 25.3 Å². The molecule has 0 heterocycles. The van der Waals surface area contributed by atoms with Crippen LogP contribution in [0.25, 0.3) is 0 Å². The molecule has 3 atom stereocenters. The summed E-state index contributed by atoms with van der Waals surface area (Å²) >= 11 is 0. The minimum atomic E-state index is -4.38. The highest BCUT2D eigenvalue weighted by Gasteiger charge is 2.33. The molecular formula is C25H29F3N2O3. The summed E-state index contributed by atoms with van der Waals surface area (Å²) in [5, 5.41) is 2.99. The van der Waals surface area contributed by atoms with Crippen molar-refractivity contribution in [3.63, 3.8) is 0 Å². The molecule has 33 heavy (non-hydrogen) atoms. The zero-order valence-corrected chi connectivity index (χ0v) is 18.7. The van der Waals surface area contributed by atoms with Gasteiger partial charge in [-0.25, -0.2) is 4.79 Å². The van der Waals surface area contributed by atoms with Gasteiger partial charge < -0.3 is 10.2 Å². The summed E-state index contributed by atoms with van der Waals surface area (Å²) in [4.78, 5) is 30.2. The van der Waals surface area contributed by atoms with Crippen molar-refractivity contribution in [3.8, 4) is 0 Å². The number of amides is 1. The summed E-state index contributed by atoms with van der Waals surface area (Å²) in [5.74, 6) is -1.11. The molecular weight excluding hydrogens is 433 g/mol. The van der Waals surface area contributed by atoms with Gasteiger partial charge in [-0.3, -0.25) is 4.79 Å². The molecule has 0 bridgehead atoms. The van der Waals surface area contributed by atoms with E-state index < -0.39 is 23.8 Å². The van der Waals surface area contributed by atoms with Crippen LogP contribution < -0.4 is 10.8 Å². The Balaban J connectivity index is 1.60. The van der Waals surface area contributed by atoms with Gasteiger partial charge in [-0.1, -0.05) is 56.7 Å². The number of hydroxylamine groups is 1. The average molecular weight is 463 g/mol. The van der Waals surface area contributed by atoms with E-state index >= 15 is 0 Å². The lowest BCUT2D eigenvalue weighted by atomic mass is 9.81. The molecule has 0 aromatic heterocycles. The molecule has 3 rings (SSSR count). The molecule has 2 aromatic carbocycles. The quantitative estimate of drug-likeness (QED) is 0.553. The van der Waals surface area contributed by atoms with Crippen LogP contribution in [0, 0.1) is 5.92 Å². The van der Waals surface area contributed by atoms with Crippen LogP contribution in [0.15, 0.2) is 54.6 Å². The smallest absolute Gasteiger partial charge is 0.366 e. The number of halogens is 3. The molecule has 1 aliphatic carbocycles. The van der Waals surface area contributed by atoms with E-state index in [1.54, 1.807) is 36.4 Å². The molecule has 2 N–H and O–H groups in total. The van der Waals surface area contributed by atoms with Gasteiger partial charge in [0.2, 0.25) is 5.91 Å². The van der Waals surface area contributed by atoms with Crippen molar-refractivity contribution in [1.29, 1.82) is 0 Å². The number of hydrogen-bond donors (Lipinski definition) is 2. The Morgan fingerprint density at radius 3 is 2.42 bits per heavy atom. The number of hydrogen-bond acceptors (Lipinski definition) is 4. The minimum Gasteiger partial charge on any atom is -0.366 e. The van der Waals surface area contributed by atoms with Crippen LogP contribution in [0.5, 0.6) is 0 Å². The number of rotatable bonds is 7. The molecule has 2 aromatic rings. The Morgan fingerprint density at radius 2 is 1.76 bits per heavy atom. The number of alkyl halides is 3. The van der Waals surface area contributed by atoms with Gasteiger partial charge in [0.15, 0.2) is 0 Å². The van der Waals surface area contributed by atoms with Crippen molar-refractivity contribution in [2.45, 2.75) is 63.7 Å². The second-order valence-electron chi connectivity index (χ2n) is 8.79. The third kappa shape index (κ3) is 6.81. The Morgan fingerprint density at radius 1 is 1.03 bits per heavy atom. The first-order valence-electron chi connectivity index (χ1n) is 11.1. The summed E-state index contributed by atoms with van der Waals surface area (Å²) in [6.07, 6.45) is -1.51. The summed E-state index contributed by atoms with van der Waals surface area (Å²) in [6.45, 7) is 3.67. The highest BCUT2D eigenvalue weighted by atomic mass is 19.4. The van der Waals surface area contributed by atoms with Gasteiger partial charge in [-0.2, -0.15) is 13.2 Å². The van der Waals surface area contributed by atoms with E-state index in [9.17, 15) is 22.8 Å². The molecule has 5 nitrogen and oxygen atoms in total. The monoisotopic (exact) mass is 462 g/mol.